The third-order valence-corrected chi connectivity index (χ3v) is 8.89. The van der Waals surface area contributed by atoms with E-state index in [-0.39, 0.29) is 12.5 Å². The minimum absolute atomic E-state index is 0.0940. The van der Waals surface area contributed by atoms with E-state index in [0.29, 0.717) is 6.42 Å². The summed E-state index contributed by atoms with van der Waals surface area (Å²) >= 11 is 0. The van der Waals surface area contributed by atoms with E-state index in [2.05, 4.69) is 79.9 Å². The topological polar surface area (TPSA) is 69.6 Å². The Hall–Kier alpha value is -2.17. The van der Waals surface area contributed by atoms with Crippen molar-refractivity contribution in [2.75, 3.05) is 6.61 Å². The summed E-state index contributed by atoms with van der Waals surface area (Å²) in [6, 6.07) is -0.655. The van der Waals surface area contributed by atoms with Gasteiger partial charge in [0.05, 0.1) is 18.8 Å². The summed E-state index contributed by atoms with van der Waals surface area (Å²) in [5, 5.41) is 22.9. The predicted molar refractivity (Wildman–Crippen MR) is 216 cm³/mol. The van der Waals surface area contributed by atoms with Gasteiger partial charge in [-0.1, -0.05) is 170 Å². The van der Waals surface area contributed by atoms with E-state index in [1.54, 1.807) is 6.08 Å². The van der Waals surface area contributed by atoms with Gasteiger partial charge < -0.3 is 15.5 Å². The molecule has 0 aromatic carbocycles. The fraction of sp³-hybridized carbons (Fsp3) is 0.711. The maximum Gasteiger partial charge on any atom is 0.220 e. The van der Waals surface area contributed by atoms with Gasteiger partial charge >= 0.3 is 0 Å². The highest BCUT2D eigenvalue weighted by atomic mass is 16.3. The molecule has 4 heteroatoms. The van der Waals surface area contributed by atoms with E-state index in [9.17, 15) is 15.0 Å². The molecule has 0 rings (SSSR count). The molecule has 49 heavy (non-hydrogen) atoms. The summed E-state index contributed by atoms with van der Waals surface area (Å²) in [5.41, 5.74) is 0. The van der Waals surface area contributed by atoms with Crippen LogP contribution < -0.4 is 5.32 Å². The normalized spacial score (nSPS) is 13.8. The molecule has 0 saturated carbocycles. The molecule has 2 unspecified atom stereocenters. The molecule has 0 aromatic rings. The molecule has 0 spiro atoms. The Balaban J connectivity index is 3.73. The number of aliphatic hydroxyl groups is 2. The van der Waals surface area contributed by atoms with Gasteiger partial charge in [-0.05, 0) is 83.5 Å². The van der Waals surface area contributed by atoms with Crippen LogP contribution in [0.25, 0.3) is 0 Å². The van der Waals surface area contributed by atoms with E-state index >= 15 is 0 Å². The maximum atomic E-state index is 12.4. The molecular weight excluding hydrogens is 602 g/mol. The van der Waals surface area contributed by atoms with Crippen LogP contribution in [0.5, 0.6) is 0 Å². The van der Waals surface area contributed by atoms with Crippen LogP contribution in [0.2, 0.25) is 0 Å². The zero-order chi connectivity index (χ0) is 35.7. The number of aliphatic hydroxyl groups excluding tert-OH is 2. The number of amides is 1. The lowest BCUT2D eigenvalue weighted by Crippen LogP contribution is -2.45. The standard InChI is InChI=1S/C45H79NO3/c1-3-5-7-9-11-13-15-17-19-21-23-25-27-29-31-33-35-37-39-41-45(49)46-43(42-47)44(48)40-38-36-34-32-30-28-26-24-22-20-18-16-14-12-10-8-6-4-2/h11,13,17,19,22-25,30,32,38,40,43-44,47-48H,3-10,12,14-16,18,20-21,26-29,31,33-37,39,41-42H2,1-2H3,(H,46,49)/b13-11-,19-17-,24-22+,25-23-,32-30+,40-38+. The number of nitrogens with one attached hydrogen (secondary N) is 1. The van der Waals surface area contributed by atoms with Crippen molar-refractivity contribution in [1.29, 1.82) is 0 Å². The molecule has 4 nitrogen and oxygen atoms in total. The van der Waals surface area contributed by atoms with Crippen LogP contribution in [-0.2, 0) is 4.79 Å². The average molecular weight is 682 g/mol. The first kappa shape index (κ1) is 46.8. The van der Waals surface area contributed by atoms with Gasteiger partial charge in [0.25, 0.3) is 0 Å². The minimum Gasteiger partial charge on any atom is -0.394 e. The molecule has 0 aromatic heterocycles. The number of allylic oxidation sites excluding steroid dienone is 11. The summed E-state index contributed by atoms with van der Waals surface area (Å²) < 4.78 is 0. The van der Waals surface area contributed by atoms with Gasteiger partial charge in [0, 0.05) is 6.42 Å². The second kappa shape index (κ2) is 40.3. The summed E-state index contributed by atoms with van der Waals surface area (Å²) in [6.45, 7) is 4.24. The quantitative estimate of drug-likeness (QED) is 0.0455. The van der Waals surface area contributed by atoms with Crippen molar-refractivity contribution in [3.63, 3.8) is 0 Å². The number of carbonyl (C=O) groups excluding carboxylic acids is 1. The van der Waals surface area contributed by atoms with Gasteiger partial charge in [-0.2, -0.15) is 0 Å². The molecular formula is C45H79NO3. The Morgan fingerprint density at radius 1 is 0.490 bits per heavy atom. The molecule has 0 fully saturated rings. The lowest BCUT2D eigenvalue weighted by Gasteiger charge is -2.19. The smallest absolute Gasteiger partial charge is 0.220 e. The molecule has 0 saturated heterocycles. The minimum atomic E-state index is -0.878. The van der Waals surface area contributed by atoms with E-state index in [4.69, 9.17) is 0 Å². The highest BCUT2D eigenvalue weighted by Crippen LogP contribution is 2.11. The SMILES string of the molecule is CCCCC/C=C\C/C=C\C/C=C\CCCCCCCCC(=O)NC(CO)C(O)/C=C/CC/C=C/CC/C=C/CCCCCCCCCC. The molecule has 0 aliphatic heterocycles. The zero-order valence-electron chi connectivity index (χ0n) is 32.2. The fourth-order valence-electron chi connectivity index (χ4n) is 5.68. The molecule has 0 bridgehead atoms. The lowest BCUT2D eigenvalue weighted by atomic mass is 10.1. The molecule has 0 heterocycles. The Labute approximate surface area is 304 Å². The van der Waals surface area contributed by atoms with Crippen LogP contribution in [0.4, 0.5) is 0 Å². The second-order valence-electron chi connectivity index (χ2n) is 13.7. The van der Waals surface area contributed by atoms with Crippen molar-refractivity contribution in [2.45, 2.75) is 199 Å². The highest BCUT2D eigenvalue weighted by molar-refractivity contribution is 5.76. The van der Waals surface area contributed by atoms with Crippen LogP contribution >= 0.6 is 0 Å². The Kier molecular flexibility index (Phi) is 38.5. The average Bonchev–Trinajstić information content (AvgIpc) is 3.10. The number of carbonyl (C=O) groups is 1. The number of rotatable bonds is 36. The van der Waals surface area contributed by atoms with Crippen LogP contribution in [0.3, 0.4) is 0 Å². The first-order valence-electron chi connectivity index (χ1n) is 20.7. The maximum absolute atomic E-state index is 12.4. The monoisotopic (exact) mass is 682 g/mol. The summed E-state index contributed by atoms with van der Waals surface area (Å²) in [4.78, 5) is 12.4. The summed E-state index contributed by atoms with van der Waals surface area (Å²) in [6.07, 6.45) is 57.1. The summed E-state index contributed by atoms with van der Waals surface area (Å²) in [5.74, 6) is -0.0940. The van der Waals surface area contributed by atoms with E-state index < -0.39 is 12.1 Å². The van der Waals surface area contributed by atoms with Crippen molar-refractivity contribution in [1.82, 2.24) is 5.32 Å². The third-order valence-electron chi connectivity index (χ3n) is 8.89. The number of unbranched alkanes of at least 4 members (excludes halogenated alkanes) is 19. The first-order valence-corrected chi connectivity index (χ1v) is 20.7. The molecule has 282 valence electrons. The largest absolute Gasteiger partial charge is 0.394 e. The Bertz CT molecular complexity index is 868. The van der Waals surface area contributed by atoms with Crippen LogP contribution in [0, 0.1) is 0 Å². The number of hydrogen-bond donors (Lipinski definition) is 3. The molecule has 3 N–H and O–H groups in total. The van der Waals surface area contributed by atoms with Gasteiger partial charge in [0.2, 0.25) is 5.91 Å². The van der Waals surface area contributed by atoms with Crippen LogP contribution in [0.1, 0.15) is 187 Å². The Morgan fingerprint density at radius 3 is 1.37 bits per heavy atom. The molecule has 1 amide bonds. The van der Waals surface area contributed by atoms with Gasteiger partial charge in [0.1, 0.15) is 0 Å². The lowest BCUT2D eigenvalue weighted by molar-refractivity contribution is -0.123. The van der Waals surface area contributed by atoms with Gasteiger partial charge in [-0.15, -0.1) is 0 Å². The molecule has 0 radical (unpaired) electrons. The second-order valence-corrected chi connectivity index (χ2v) is 13.7. The van der Waals surface area contributed by atoms with Crippen molar-refractivity contribution in [3.8, 4) is 0 Å². The van der Waals surface area contributed by atoms with Crippen molar-refractivity contribution < 1.29 is 15.0 Å². The van der Waals surface area contributed by atoms with Crippen molar-refractivity contribution in [2.24, 2.45) is 0 Å². The van der Waals surface area contributed by atoms with Crippen LogP contribution in [-0.4, -0.2) is 34.9 Å². The van der Waals surface area contributed by atoms with Gasteiger partial charge in [-0.25, -0.2) is 0 Å². The van der Waals surface area contributed by atoms with Gasteiger partial charge in [0.15, 0.2) is 0 Å². The van der Waals surface area contributed by atoms with Crippen LogP contribution in [0.15, 0.2) is 72.9 Å². The van der Waals surface area contributed by atoms with E-state index in [0.717, 1.165) is 64.2 Å². The highest BCUT2D eigenvalue weighted by Gasteiger charge is 2.17. The molecule has 2 atom stereocenters. The summed E-state index contributed by atoms with van der Waals surface area (Å²) in [7, 11) is 0. The Morgan fingerprint density at radius 2 is 0.857 bits per heavy atom. The third kappa shape index (κ3) is 36.9. The van der Waals surface area contributed by atoms with Crippen molar-refractivity contribution in [3.05, 3.63) is 72.9 Å². The van der Waals surface area contributed by atoms with E-state index in [1.165, 1.54) is 103 Å². The van der Waals surface area contributed by atoms with Gasteiger partial charge in [-0.3, -0.25) is 4.79 Å². The molecule has 0 aliphatic carbocycles. The zero-order valence-corrected chi connectivity index (χ0v) is 32.2. The predicted octanol–water partition coefficient (Wildman–Crippen LogP) is 12.7. The van der Waals surface area contributed by atoms with Crippen molar-refractivity contribution >= 4 is 5.91 Å². The fourth-order valence-corrected chi connectivity index (χ4v) is 5.68. The molecule has 0 aliphatic rings. The van der Waals surface area contributed by atoms with E-state index in [1.807, 2.05) is 6.08 Å². The number of hydrogen-bond acceptors (Lipinski definition) is 3. The first-order chi connectivity index (χ1) is 24.2.